The Bertz CT molecular complexity index is 1100. The number of anilines is 1. The molecule has 3 rings (SSSR count). The first-order chi connectivity index (χ1) is 15.9. The summed E-state index contributed by atoms with van der Waals surface area (Å²) >= 11 is 0. The van der Waals surface area contributed by atoms with Crippen LogP contribution in [0, 0.1) is 0 Å². The number of rotatable bonds is 9. The second-order valence-electron chi connectivity index (χ2n) is 8.11. The molecule has 6 nitrogen and oxygen atoms in total. The third kappa shape index (κ3) is 6.84. The molecule has 6 heteroatoms. The molecule has 0 saturated carbocycles. The molecule has 0 unspecified atom stereocenters. The van der Waals surface area contributed by atoms with Gasteiger partial charge in [-0.3, -0.25) is 9.59 Å². The summed E-state index contributed by atoms with van der Waals surface area (Å²) in [6, 6.07) is 16.0. The van der Waals surface area contributed by atoms with E-state index < -0.39 is 0 Å². The van der Waals surface area contributed by atoms with Gasteiger partial charge in [0.15, 0.2) is 31.3 Å². The van der Waals surface area contributed by atoms with Crippen LogP contribution in [0.25, 0.3) is 11.1 Å². The summed E-state index contributed by atoms with van der Waals surface area (Å²) in [5, 5.41) is 2.79. The molecule has 2 heterocycles. The number of nitrogens with one attached hydrogen (secondary N) is 1. The van der Waals surface area contributed by atoms with Crippen LogP contribution >= 0.6 is 0 Å². The first kappa shape index (κ1) is 23.9. The fourth-order valence-electron chi connectivity index (χ4n) is 3.40. The Kier molecular flexibility index (Phi) is 8.08. The zero-order chi connectivity index (χ0) is 23.8. The summed E-state index contributed by atoms with van der Waals surface area (Å²) in [7, 11) is 0. The highest BCUT2D eigenvalue weighted by Crippen LogP contribution is 2.16. The number of aryl methyl sites for hydroxylation is 1. The summed E-state index contributed by atoms with van der Waals surface area (Å²) in [6.45, 7) is 11.8. The van der Waals surface area contributed by atoms with E-state index in [1.165, 1.54) is 5.56 Å². The van der Waals surface area contributed by atoms with E-state index in [1.54, 1.807) is 13.8 Å². The van der Waals surface area contributed by atoms with E-state index in [0.717, 1.165) is 17.7 Å². The molecule has 0 radical (unpaired) electrons. The minimum Gasteiger partial charge on any atom is -0.332 e. The average Bonchev–Trinajstić information content (AvgIpc) is 2.83. The van der Waals surface area contributed by atoms with Crippen LogP contribution in [-0.4, -0.2) is 23.3 Å². The van der Waals surface area contributed by atoms with Crippen molar-refractivity contribution >= 4 is 17.5 Å². The van der Waals surface area contributed by atoms with Gasteiger partial charge in [0.05, 0.1) is 6.54 Å². The molecule has 0 bridgehead atoms. The SMILES string of the molecule is C=C(C)C(=O)Nc1ccc(CN(CC[n+]2ccc(-c3cc[n+](CC)cc3)cc2)C(C)=O)cc1. The van der Waals surface area contributed by atoms with E-state index >= 15 is 0 Å². The Morgan fingerprint density at radius 1 is 0.879 bits per heavy atom. The molecule has 3 aromatic rings. The zero-order valence-electron chi connectivity index (χ0n) is 19.6. The second kappa shape index (κ2) is 11.2. The molecule has 1 aromatic carbocycles. The fourth-order valence-corrected chi connectivity index (χ4v) is 3.40. The molecule has 33 heavy (non-hydrogen) atoms. The van der Waals surface area contributed by atoms with Crippen molar-refractivity contribution in [3.63, 3.8) is 0 Å². The Hall–Kier alpha value is -3.80. The number of benzene rings is 1. The van der Waals surface area contributed by atoms with Crippen molar-refractivity contribution in [3.8, 4) is 11.1 Å². The van der Waals surface area contributed by atoms with Gasteiger partial charge in [0.25, 0.3) is 5.91 Å². The van der Waals surface area contributed by atoms with Crippen molar-refractivity contribution in [1.29, 1.82) is 0 Å². The maximum absolute atomic E-state index is 12.2. The molecule has 0 spiro atoms. The lowest BCUT2D eigenvalue weighted by molar-refractivity contribution is -0.696. The minimum atomic E-state index is -0.201. The Morgan fingerprint density at radius 2 is 1.42 bits per heavy atom. The van der Waals surface area contributed by atoms with Gasteiger partial charge in [-0.1, -0.05) is 18.7 Å². The van der Waals surface area contributed by atoms with Crippen LogP contribution in [0.3, 0.4) is 0 Å². The summed E-state index contributed by atoms with van der Waals surface area (Å²) in [6.07, 6.45) is 8.27. The molecule has 0 aliphatic carbocycles. The maximum Gasteiger partial charge on any atom is 0.250 e. The topological polar surface area (TPSA) is 57.2 Å². The predicted octanol–water partition coefficient (Wildman–Crippen LogP) is 3.51. The van der Waals surface area contributed by atoms with Gasteiger partial charge in [-0.2, -0.15) is 0 Å². The Morgan fingerprint density at radius 3 is 1.91 bits per heavy atom. The van der Waals surface area contributed by atoms with Crippen LogP contribution < -0.4 is 14.5 Å². The van der Waals surface area contributed by atoms with Crippen molar-refractivity contribution in [3.05, 3.63) is 91.0 Å². The summed E-state index contributed by atoms with van der Waals surface area (Å²) in [5.74, 6) is -0.173. The number of carbonyl (C=O) groups is 2. The van der Waals surface area contributed by atoms with Crippen LogP contribution in [0.15, 0.2) is 85.5 Å². The minimum absolute atomic E-state index is 0.0281. The zero-order valence-corrected chi connectivity index (χ0v) is 19.6. The Labute approximate surface area is 195 Å². The number of pyridine rings is 2. The quantitative estimate of drug-likeness (QED) is 0.406. The van der Waals surface area contributed by atoms with Crippen LogP contribution in [0.2, 0.25) is 0 Å². The van der Waals surface area contributed by atoms with E-state index in [1.807, 2.05) is 41.6 Å². The molecule has 0 saturated heterocycles. The smallest absolute Gasteiger partial charge is 0.250 e. The van der Waals surface area contributed by atoms with Gasteiger partial charge in [-0.25, -0.2) is 9.13 Å². The molecular weight excluding hydrogens is 412 g/mol. The van der Waals surface area contributed by atoms with E-state index in [4.69, 9.17) is 0 Å². The van der Waals surface area contributed by atoms with Gasteiger partial charge >= 0.3 is 0 Å². The van der Waals surface area contributed by atoms with Crippen molar-refractivity contribution in [2.24, 2.45) is 0 Å². The number of carbonyl (C=O) groups excluding carboxylic acids is 2. The van der Waals surface area contributed by atoms with Gasteiger partial charge in [0, 0.05) is 49.0 Å². The molecule has 0 aliphatic rings. The lowest BCUT2D eigenvalue weighted by Crippen LogP contribution is -2.41. The van der Waals surface area contributed by atoms with Gasteiger partial charge in [0.1, 0.15) is 6.54 Å². The average molecular weight is 445 g/mol. The Balaban J connectivity index is 1.58. The predicted molar refractivity (Wildman–Crippen MR) is 129 cm³/mol. The van der Waals surface area contributed by atoms with Gasteiger partial charge in [-0.05, 0) is 42.7 Å². The molecule has 2 amide bonds. The number of aromatic nitrogens is 2. The molecule has 0 fully saturated rings. The molecule has 0 atom stereocenters. The van der Waals surface area contributed by atoms with E-state index in [9.17, 15) is 9.59 Å². The number of hydrogen-bond acceptors (Lipinski definition) is 2. The van der Waals surface area contributed by atoms with Crippen LogP contribution in [0.4, 0.5) is 5.69 Å². The lowest BCUT2D eigenvalue weighted by Gasteiger charge is -2.20. The fraction of sp³-hybridized carbons (Fsp3) is 0.259. The van der Waals surface area contributed by atoms with Crippen molar-refractivity contribution in [2.45, 2.75) is 40.4 Å². The molecular formula is C27H32N4O2+2. The van der Waals surface area contributed by atoms with Crippen LogP contribution in [-0.2, 0) is 29.2 Å². The normalized spacial score (nSPS) is 10.5. The molecule has 170 valence electrons. The van der Waals surface area contributed by atoms with E-state index in [-0.39, 0.29) is 11.8 Å². The van der Waals surface area contributed by atoms with E-state index in [2.05, 4.69) is 64.6 Å². The highest BCUT2D eigenvalue weighted by Gasteiger charge is 2.13. The van der Waals surface area contributed by atoms with Crippen molar-refractivity contribution in [1.82, 2.24) is 4.90 Å². The maximum atomic E-state index is 12.2. The van der Waals surface area contributed by atoms with Crippen LogP contribution in [0.1, 0.15) is 26.3 Å². The summed E-state index contributed by atoms with van der Waals surface area (Å²) < 4.78 is 4.22. The third-order valence-corrected chi connectivity index (χ3v) is 5.53. The largest absolute Gasteiger partial charge is 0.332 e. The van der Waals surface area contributed by atoms with Gasteiger partial charge in [0.2, 0.25) is 5.91 Å². The number of hydrogen-bond donors (Lipinski definition) is 1. The molecule has 0 aliphatic heterocycles. The van der Waals surface area contributed by atoms with Gasteiger partial charge < -0.3 is 10.2 Å². The number of nitrogens with zero attached hydrogens (tertiary/aromatic N) is 3. The summed E-state index contributed by atoms with van der Waals surface area (Å²) in [4.78, 5) is 25.8. The van der Waals surface area contributed by atoms with Gasteiger partial charge in [-0.15, -0.1) is 0 Å². The van der Waals surface area contributed by atoms with E-state index in [0.29, 0.717) is 30.9 Å². The monoisotopic (exact) mass is 444 g/mol. The first-order valence-electron chi connectivity index (χ1n) is 11.2. The van der Waals surface area contributed by atoms with Crippen LogP contribution in [0.5, 0.6) is 0 Å². The third-order valence-electron chi connectivity index (χ3n) is 5.53. The summed E-state index contributed by atoms with van der Waals surface area (Å²) in [5.41, 5.74) is 4.52. The standard InChI is InChI=1S/C27H31N4O2/c1-5-29-14-10-24(11-15-29)25-12-16-30(17-13-25)18-19-31(22(4)32)20-23-6-8-26(9-7-23)28-27(33)21(2)3/h6-17H,2,5,18-20H2,1,3-4H3/q+1/p+1. The second-order valence-corrected chi connectivity index (χ2v) is 8.11. The highest BCUT2D eigenvalue weighted by atomic mass is 16.2. The number of amides is 2. The molecule has 1 N–H and O–H groups in total. The highest BCUT2D eigenvalue weighted by molar-refractivity contribution is 6.02. The van der Waals surface area contributed by atoms with Crippen molar-refractivity contribution in [2.75, 3.05) is 11.9 Å². The van der Waals surface area contributed by atoms with Crippen molar-refractivity contribution < 1.29 is 18.7 Å². The molecule has 2 aromatic heterocycles. The lowest BCUT2D eigenvalue weighted by atomic mass is 10.1. The first-order valence-corrected chi connectivity index (χ1v) is 11.2.